The number of hydrogen-bond acceptors (Lipinski definition) is 2. The molecule has 2 rings (SSSR count). The lowest BCUT2D eigenvalue weighted by Gasteiger charge is -2.40. The molecule has 1 unspecified atom stereocenters. The molecule has 14 heavy (non-hydrogen) atoms. The second-order valence-corrected chi connectivity index (χ2v) is 4.95. The molecule has 1 aliphatic heterocycles. The highest BCUT2D eigenvalue weighted by molar-refractivity contribution is 5.71. The summed E-state index contributed by atoms with van der Waals surface area (Å²) in [6.45, 7) is 2.15. The van der Waals surface area contributed by atoms with Gasteiger partial charge in [0, 0.05) is 0 Å². The van der Waals surface area contributed by atoms with Crippen LogP contribution in [0.4, 0.5) is 0 Å². The molecule has 1 spiro atoms. The van der Waals surface area contributed by atoms with E-state index in [1.54, 1.807) is 0 Å². The van der Waals surface area contributed by atoms with Crippen molar-refractivity contribution in [2.24, 2.45) is 11.3 Å². The predicted octanol–water partition coefficient (Wildman–Crippen LogP) is 1.58. The number of carboxylic acid groups (broad SMARTS) is 1. The Hall–Kier alpha value is -0.570. The molecule has 1 heterocycles. The Morgan fingerprint density at radius 2 is 2.00 bits per heavy atom. The summed E-state index contributed by atoms with van der Waals surface area (Å²) in [5.74, 6) is -0.622. The minimum Gasteiger partial charge on any atom is -0.481 e. The molecule has 2 fully saturated rings. The van der Waals surface area contributed by atoms with Crippen molar-refractivity contribution >= 4 is 5.97 Å². The van der Waals surface area contributed by atoms with E-state index >= 15 is 0 Å². The largest absolute Gasteiger partial charge is 0.481 e. The van der Waals surface area contributed by atoms with Gasteiger partial charge in [0.2, 0.25) is 0 Å². The molecular weight excluding hydrogens is 178 g/mol. The molecule has 1 aliphatic carbocycles. The Bertz CT molecular complexity index is 231. The molecule has 0 amide bonds. The summed E-state index contributed by atoms with van der Waals surface area (Å²) in [4.78, 5) is 13.5. The van der Waals surface area contributed by atoms with E-state index in [1.165, 1.54) is 0 Å². The molecule has 1 atom stereocenters. The number of carboxylic acids is 1. The van der Waals surface area contributed by atoms with Gasteiger partial charge in [0.15, 0.2) is 0 Å². The standard InChI is InChI=1S/C11H19NO2/c1-12-7-5-11(6-8-12)4-2-3-9(11)10(13)14/h9H,2-8H2,1H3,(H,13,14). The van der Waals surface area contributed by atoms with Crippen LogP contribution in [0.1, 0.15) is 32.1 Å². The molecule has 0 radical (unpaired) electrons. The number of nitrogens with zero attached hydrogens (tertiary/aromatic N) is 1. The molecule has 1 saturated heterocycles. The topological polar surface area (TPSA) is 40.5 Å². The molecule has 2 aliphatic rings. The minimum atomic E-state index is -0.563. The van der Waals surface area contributed by atoms with Crippen LogP contribution in [0.25, 0.3) is 0 Å². The first-order valence-electron chi connectivity index (χ1n) is 5.55. The zero-order chi connectivity index (χ0) is 10.2. The van der Waals surface area contributed by atoms with Gasteiger partial charge in [0.1, 0.15) is 0 Å². The van der Waals surface area contributed by atoms with Gasteiger partial charge < -0.3 is 10.0 Å². The summed E-state index contributed by atoms with van der Waals surface area (Å²) in [6, 6.07) is 0. The molecule has 1 saturated carbocycles. The SMILES string of the molecule is CN1CCC2(CCCC2C(=O)O)CC1. The number of rotatable bonds is 1. The maximum absolute atomic E-state index is 11.1. The van der Waals surface area contributed by atoms with E-state index in [9.17, 15) is 9.90 Å². The second-order valence-electron chi connectivity index (χ2n) is 4.95. The summed E-state index contributed by atoms with van der Waals surface area (Å²) in [5.41, 5.74) is 0.151. The average Bonchev–Trinajstić information content (AvgIpc) is 2.55. The van der Waals surface area contributed by atoms with Crippen LogP contribution in [-0.2, 0) is 4.79 Å². The Morgan fingerprint density at radius 1 is 1.36 bits per heavy atom. The van der Waals surface area contributed by atoms with Crippen molar-refractivity contribution in [2.75, 3.05) is 20.1 Å². The van der Waals surface area contributed by atoms with E-state index in [-0.39, 0.29) is 11.3 Å². The smallest absolute Gasteiger partial charge is 0.307 e. The Morgan fingerprint density at radius 3 is 2.57 bits per heavy atom. The fraction of sp³-hybridized carbons (Fsp3) is 0.909. The maximum Gasteiger partial charge on any atom is 0.307 e. The quantitative estimate of drug-likeness (QED) is 0.694. The Balaban J connectivity index is 2.10. The van der Waals surface area contributed by atoms with Crippen LogP contribution in [0.2, 0.25) is 0 Å². The highest BCUT2D eigenvalue weighted by atomic mass is 16.4. The van der Waals surface area contributed by atoms with Gasteiger partial charge in [-0.05, 0) is 51.2 Å². The van der Waals surface area contributed by atoms with E-state index in [4.69, 9.17) is 0 Å². The van der Waals surface area contributed by atoms with Gasteiger partial charge >= 0.3 is 5.97 Å². The maximum atomic E-state index is 11.1. The second kappa shape index (κ2) is 3.54. The molecule has 3 nitrogen and oxygen atoms in total. The number of likely N-dealkylation sites (tertiary alicyclic amines) is 1. The fourth-order valence-corrected chi connectivity index (χ4v) is 3.19. The first-order valence-corrected chi connectivity index (χ1v) is 5.55. The van der Waals surface area contributed by atoms with Gasteiger partial charge in [-0.25, -0.2) is 0 Å². The highest BCUT2D eigenvalue weighted by Crippen LogP contribution is 2.50. The van der Waals surface area contributed by atoms with Crippen LogP contribution >= 0.6 is 0 Å². The van der Waals surface area contributed by atoms with Crippen LogP contribution < -0.4 is 0 Å². The van der Waals surface area contributed by atoms with Crippen LogP contribution in [0.15, 0.2) is 0 Å². The van der Waals surface area contributed by atoms with E-state index in [1.807, 2.05) is 0 Å². The van der Waals surface area contributed by atoms with Crippen LogP contribution in [-0.4, -0.2) is 36.1 Å². The summed E-state index contributed by atoms with van der Waals surface area (Å²) in [7, 11) is 2.12. The van der Waals surface area contributed by atoms with E-state index in [2.05, 4.69) is 11.9 Å². The van der Waals surface area contributed by atoms with Crippen molar-refractivity contribution in [3.63, 3.8) is 0 Å². The lowest BCUT2D eigenvalue weighted by atomic mass is 9.70. The first-order chi connectivity index (χ1) is 6.64. The molecule has 3 heteroatoms. The minimum absolute atomic E-state index is 0.0591. The van der Waals surface area contributed by atoms with Crippen molar-refractivity contribution < 1.29 is 9.90 Å². The summed E-state index contributed by atoms with van der Waals surface area (Å²) >= 11 is 0. The van der Waals surface area contributed by atoms with Gasteiger partial charge in [-0.3, -0.25) is 4.79 Å². The Kier molecular flexibility index (Phi) is 2.52. The van der Waals surface area contributed by atoms with E-state index in [0.717, 1.165) is 45.2 Å². The van der Waals surface area contributed by atoms with Crippen molar-refractivity contribution in [3.8, 4) is 0 Å². The number of piperidine rings is 1. The zero-order valence-electron chi connectivity index (χ0n) is 8.83. The highest BCUT2D eigenvalue weighted by Gasteiger charge is 2.47. The molecule has 0 aromatic carbocycles. The van der Waals surface area contributed by atoms with E-state index < -0.39 is 5.97 Å². The summed E-state index contributed by atoms with van der Waals surface area (Å²) < 4.78 is 0. The van der Waals surface area contributed by atoms with Gasteiger partial charge in [-0.15, -0.1) is 0 Å². The van der Waals surface area contributed by atoms with Crippen LogP contribution in [0.3, 0.4) is 0 Å². The third-order valence-electron chi connectivity index (χ3n) is 4.19. The normalized spacial score (nSPS) is 32.2. The lowest BCUT2D eigenvalue weighted by Crippen LogP contribution is -2.42. The average molecular weight is 197 g/mol. The van der Waals surface area contributed by atoms with Crippen LogP contribution in [0, 0.1) is 11.3 Å². The van der Waals surface area contributed by atoms with Crippen molar-refractivity contribution in [1.29, 1.82) is 0 Å². The molecule has 1 N–H and O–H groups in total. The van der Waals surface area contributed by atoms with E-state index in [0.29, 0.717) is 0 Å². The number of aliphatic carboxylic acids is 1. The summed E-state index contributed by atoms with van der Waals surface area (Å²) in [6.07, 6.45) is 5.32. The van der Waals surface area contributed by atoms with Gasteiger partial charge in [-0.1, -0.05) is 6.42 Å². The predicted molar refractivity (Wildman–Crippen MR) is 54.1 cm³/mol. The van der Waals surface area contributed by atoms with Gasteiger partial charge in [0.25, 0.3) is 0 Å². The molecule has 80 valence electrons. The molecular formula is C11H19NO2. The Labute approximate surface area is 85.1 Å². The lowest BCUT2D eigenvalue weighted by molar-refractivity contribution is -0.146. The van der Waals surface area contributed by atoms with Crippen molar-refractivity contribution in [2.45, 2.75) is 32.1 Å². The van der Waals surface area contributed by atoms with Gasteiger partial charge in [0.05, 0.1) is 5.92 Å². The molecule has 0 aromatic rings. The third kappa shape index (κ3) is 1.54. The third-order valence-corrected chi connectivity index (χ3v) is 4.19. The molecule has 0 aromatic heterocycles. The van der Waals surface area contributed by atoms with Crippen molar-refractivity contribution in [1.82, 2.24) is 4.90 Å². The fourth-order valence-electron chi connectivity index (χ4n) is 3.19. The number of carbonyl (C=O) groups is 1. The van der Waals surface area contributed by atoms with Crippen LogP contribution in [0.5, 0.6) is 0 Å². The molecule has 0 bridgehead atoms. The zero-order valence-corrected chi connectivity index (χ0v) is 8.83. The van der Waals surface area contributed by atoms with Gasteiger partial charge in [-0.2, -0.15) is 0 Å². The monoisotopic (exact) mass is 197 g/mol. The first kappa shape index (κ1) is 9.97. The summed E-state index contributed by atoms with van der Waals surface area (Å²) in [5, 5.41) is 9.18. The number of hydrogen-bond donors (Lipinski definition) is 1. The van der Waals surface area contributed by atoms with Crippen molar-refractivity contribution in [3.05, 3.63) is 0 Å².